The molecule has 0 heterocycles. The van der Waals surface area contributed by atoms with Crippen molar-refractivity contribution in [3.8, 4) is 17.2 Å². The molecule has 0 saturated carbocycles. The van der Waals surface area contributed by atoms with Gasteiger partial charge in [0.25, 0.3) is 0 Å². The van der Waals surface area contributed by atoms with Crippen LogP contribution in [0.4, 0.5) is 0 Å². The van der Waals surface area contributed by atoms with Gasteiger partial charge in [-0.2, -0.15) is 0 Å². The van der Waals surface area contributed by atoms with Gasteiger partial charge >= 0.3 is 0 Å². The van der Waals surface area contributed by atoms with Gasteiger partial charge in [0.2, 0.25) is 5.75 Å². The largest absolute Gasteiger partial charge is 0.493 e. The molecule has 0 spiro atoms. The minimum absolute atomic E-state index is 0.529. The van der Waals surface area contributed by atoms with Gasteiger partial charge in [-0.3, -0.25) is 4.79 Å². The number of ether oxygens (including phenoxy) is 3. The average molecular weight is 282 g/mol. The van der Waals surface area contributed by atoms with Crippen LogP contribution in [0.5, 0.6) is 17.2 Å². The van der Waals surface area contributed by atoms with Crippen molar-refractivity contribution in [2.45, 2.75) is 6.42 Å². The molecule has 0 N–H and O–H groups in total. The van der Waals surface area contributed by atoms with E-state index in [2.05, 4.69) is 0 Å². The first kappa shape index (κ1) is 15.4. The fourth-order valence-corrected chi connectivity index (χ4v) is 2.18. The van der Waals surface area contributed by atoms with Gasteiger partial charge in [0.15, 0.2) is 11.5 Å². The van der Waals surface area contributed by atoms with E-state index in [1.54, 1.807) is 21.3 Å². The van der Waals surface area contributed by atoms with Crippen molar-refractivity contribution >= 4 is 18.0 Å². The SMILES string of the molecule is COc1cc(C/C(C=O)=C/SC)cc(OC)c1OC. The topological polar surface area (TPSA) is 44.8 Å². The summed E-state index contributed by atoms with van der Waals surface area (Å²) in [7, 11) is 4.70. The smallest absolute Gasteiger partial charge is 0.203 e. The van der Waals surface area contributed by atoms with E-state index >= 15 is 0 Å². The van der Waals surface area contributed by atoms with Crippen molar-refractivity contribution in [3.05, 3.63) is 28.7 Å². The summed E-state index contributed by atoms with van der Waals surface area (Å²) in [6.07, 6.45) is 3.30. The maximum Gasteiger partial charge on any atom is 0.203 e. The lowest BCUT2D eigenvalue weighted by Gasteiger charge is -2.14. The Kier molecular flexibility index (Phi) is 6.29. The molecule has 1 rings (SSSR count). The molecular formula is C14H18O4S. The van der Waals surface area contributed by atoms with E-state index in [1.165, 1.54) is 11.8 Å². The van der Waals surface area contributed by atoms with E-state index < -0.39 is 0 Å². The number of benzene rings is 1. The summed E-state index contributed by atoms with van der Waals surface area (Å²) in [6.45, 7) is 0. The number of hydrogen-bond acceptors (Lipinski definition) is 5. The summed E-state index contributed by atoms with van der Waals surface area (Å²) in [5.74, 6) is 1.73. The van der Waals surface area contributed by atoms with E-state index in [9.17, 15) is 4.79 Å². The Morgan fingerprint density at radius 1 is 1.16 bits per heavy atom. The lowest BCUT2D eigenvalue weighted by atomic mass is 10.1. The molecule has 0 aliphatic rings. The maximum atomic E-state index is 11.0. The van der Waals surface area contributed by atoms with Gasteiger partial charge in [-0.05, 0) is 29.4 Å². The fraction of sp³-hybridized carbons (Fsp3) is 0.357. The number of aldehydes is 1. The summed E-state index contributed by atoms with van der Waals surface area (Å²) in [4.78, 5) is 11.0. The predicted molar refractivity (Wildman–Crippen MR) is 77.5 cm³/mol. The summed E-state index contributed by atoms with van der Waals surface area (Å²) in [5.41, 5.74) is 1.64. The summed E-state index contributed by atoms with van der Waals surface area (Å²) in [5, 5.41) is 1.83. The summed E-state index contributed by atoms with van der Waals surface area (Å²) < 4.78 is 15.8. The highest BCUT2D eigenvalue weighted by molar-refractivity contribution is 8.01. The van der Waals surface area contributed by atoms with E-state index in [4.69, 9.17) is 14.2 Å². The van der Waals surface area contributed by atoms with Crippen LogP contribution in [-0.4, -0.2) is 33.9 Å². The van der Waals surface area contributed by atoms with Gasteiger partial charge in [0.1, 0.15) is 6.29 Å². The molecule has 1 aromatic carbocycles. The molecule has 1 aromatic rings. The minimum atomic E-state index is 0.529. The van der Waals surface area contributed by atoms with Crippen LogP contribution in [0.2, 0.25) is 0 Å². The molecule has 0 fully saturated rings. The highest BCUT2D eigenvalue weighted by Gasteiger charge is 2.13. The van der Waals surface area contributed by atoms with Gasteiger partial charge in [0.05, 0.1) is 21.3 Å². The van der Waals surface area contributed by atoms with Crippen LogP contribution >= 0.6 is 11.8 Å². The van der Waals surface area contributed by atoms with Gasteiger partial charge < -0.3 is 14.2 Å². The van der Waals surface area contributed by atoms with E-state index in [1.807, 2.05) is 23.8 Å². The Morgan fingerprint density at radius 2 is 1.74 bits per heavy atom. The third-order valence-corrected chi connectivity index (χ3v) is 3.09. The van der Waals surface area contributed by atoms with E-state index in [0.29, 0.717) is 29.2 Å². The van der Waals surface area contributed by atoms with Crippen molar-refractivity contribution in [2.24, 2.45) is 0 Å². The third-order valence-electron chi connectivity index (χ3n) is 2.55. The summed E-state index contributed by atoms with van der Waals surface area (Å²) >= 11 is 1.50. The molecule has 0 saturated heterocycles. The highest BCUT2D eigenvalue weighted by Crippen LogP contribution is 2.38. The van der Waals surface area contributed by atoms with E-state index in [0.717, 1.165) is 11.8 Å². The maximum absolute atomic E-state index is 11.0. The molecule has 4 nitrogen and oxygen atoms in total. The molecule has 0 atom stereocenters. The van der Waals surface area contributed by atoms with Crippen LogP contribution in [-0.2, 0) is 11.2 Å². The Bertz CT molecular complexity index is 444. The van der Waals surface area contributed by atoms with Crippen molar-refractivity contribution in [3.63, 3.8) is 0 Å². The second-order valence-electron chi connectivity index (χ2n) is 3.76. The van der Waals surface area contributed by atoms with Crippen molar-refractivity contribution in [2.75, 3.05) is 27.6 Å². The Morgan fingerprint density at radius 3 is 2.11 bits per heavy atom. The van der Waals surface area contributed by atoms with Gasteiger partial charge in [-0.1, -0.05) is 0 Å². The second-order valence-corrected chi connectivity index (χ2v) is 4.46. The molecule has 104 valence electrons. The molecule has 0 aliphatic heterocycles. The van der Waals surface area contributed by atoms with Crippen molar-refractivity contribution in [1.29, 1.82) is 0 Å². The Hall–Kier alpha value is -1.62. The molecule has 0 aliphatic carbocycles. The minimum Gasteiger partial charge on any atom is -0.493 e. The first-order valence-corrected chi connectivity index (χ1v) is 6.94. The number of rotatable bonds is 7. The number of carbonyl (C=O) groups excluding carboxylic acids is 1. The van der Waals surface area contributed by atoms with Crippen LogP contribution in [0.3, 0.4) is 0 Å². The molecule has 0 unspecified atom stereocenters. The van der Waals surface area contributed by atoms with Gasteiger partial charge in [0, 0.05) is 12.0 Å². The number of allylic oxidation sites excluding steroid dienone is 1. The monoisotopic (exact) mass is 282 g/mol. The van der Waals surface area contributed by atoms with Crippen LogP contribution in [0, 0.1) is 0 Å². The zero-order valence-electron chi connectivity index (χ0n) is 11.6. The van der Waals surface area contributed by atoms with Crippen LogP contribution in [0.15, 0.2) is 23.1 Å². The van der Waals surface area contributed by atoms with Crippen molar-refractivity contribution in [1.82, 2.24) is 0 Å². The van der Waals surface area contributed by atoms with Gasteiger partial charge in [-0.25, -0.2) is 0 Å². The highest BCUT2D eigenvalue weighted by atomic mass is 32.2. The fourth-order valence-electron chi connectivity index (χ4n) is 1.74. The summed E-state index contributed by atoms with van der Waals surface area (Å²) in [6, 6.07) is 3.69. The van der Waals surface area contributed by atoms with Crippen LogP contribution in [0.25, 0.3) is 0 Å². The first-order valence-electron chi connectivity index (χ1n) is 5.66. The third kappa shape index (κ3) is 3.92. The van der Waals surface area contributed by atoms with Crippen LogP contribution in [0.1, 0.15) is 5.56 Å². The quantitative estimate of drug-likeness (QED) is 0.568. The Labute approximate surface area is 117 Å². The van der Waals surface area contributed by atoms with E-state index in [-0.39, 0.29) is 0 Å². The zero-order chi connectivity index (χ0) is 14.3. The first-order chi connectivity index (χ1) is 9.19. The molecule has 0 radical (unpaired) electrons. The lowest BCUT2D eigenvalue weighted by Crippen LogP contribution is -1.98. The molecule has 0 bridgehead atoms. The van der Waals surface area contributed by atoms with Crippen LogP contribution < -0.4 is 14.2 Å². The van der Waals surface area contributed by atoms with Crippen molar-refractivity contribution < 1.29 is 19.0 Å². The zero-order valence-corrected chi connectivity index (χ0v) is 12.4. The number of carbonyl (C=O) groups is 1. The Balaban J connectivity index is 3.15. The normalized spacial score (nSPS) is 11.1. The molecule has 5 heteroatoms. The molecule has 19 heavy (non-hydrogen) atoms. The standard InChI is InChI=1S/C14H18O4S/c1-16-12-6-10(5-11(8-15)9-19-4)7-13(17-2)14(12)18-3/h6-9H,5H2,1-4H3/b11-9-. The number of thioether (sulfide) groups is 1. The molecular weight excluding hydrogens is 264 g/mol. The molecule has 0 amide bonds. The number of hydrogen-bond donors (Lipinski definition) is 0. The second kappa shape index (κ2) is 7.74. The molecule has 0 aromatic heterocycles. The average Bonchev–Trinajstić information content (AvgIpc) is 2.45. The number of methoxy groups -OCH3 is 3. The lowest BCUT2D eigenvalue weighted by molar-refractivity contribution is -0.105. The van der Waals surface area contributed by atoms with Gasteiger partial charge in [-0.15, -0.1) is 11.8 Å². The predicted octanol–water partition coefficient (Wildman–Crippen LogP) is 2.70.